The average Bonchev–Trinajstić information content (AvgIpc) is 3.17. The molecule has 5 N–H and O–H groups in total. The van der Waals surface area contributed by atoms with E-state index in [0.717, 1.165) is 38.9 Å². The molecule has 54 heavy (non-hydrogen) atoms. The molecular formula is C40H50N6O8. The molecule has 6 rings (SSSR count). The zero-order valence-corrected chi connectivity index (χ0v) is 30.7. The number of aromatic carboxylic acids is 1. The van der Waals surface area contributed by atoms with Crippen molar-refractivity contribution in [1.82, 2.24) is 25.1 Å². The second-order valence-corrected chi connectivity index (χ2v) is 14.2. The number of morpholine rings is 1. The number of phenols is 1. The number of carbonyl (C=O) groups is 2. The van der Waals surface area contributed by atoms with Crippen LogP contribution in [-0.4, -0.2) is 125 Å². The lowest BCUT2D eigenvalue weighted by atomic mass is 9.89. The van der Waals surface area contributed by atoms with Gasteiger partial charge in [0.15, 0.2) is 0 Å². The number of piperidine rings is 1. The van der Waals surface area contributed by atoms with E-state index in [9.17, 15) is 29.7 Å². The number of aliphatic hydroxyl groups is 1. The fourth-order valence-electron chi connectivity index (χ4n) is 7.32. The molecule has 4 heterocycles. The standard InChI is InChI=1S/C40H50N6O8/c1-44(19-16-41-25-34(48)30-7-9-33(47)37-31(30)8-10-35(49)43-37)36(50)12-22-53-21-11-28-4-2-5-29(24-28)26-45-17-13-40(14-18-45)27-46(20-23-54-40)38-32(39(51)52)6-3-15-42-38/h2-10,15,24,34,41,47-48H,11-14,16-23,25-27H2,1H3,(H,43,49)(H,51,52)/t34-/m0/s1. The summed E-state index contributed by atoms with van der Waals surface area (Å²) in [6.45, 7) is 6.43. The molecular weight excluding hydrogens is 692 g/mol. The van der Waals surface area contributed by atoms with E-state index in [1.54, 1.807) is 42.4 Å². The highest BCUT2D eigenvalue weighted by Crippen LogP contribution is 2.33. The Hall–Kier alpha value is -4.86. The molecule has 14 heteroatoms. The minimum Gasteiger partial charge on any atom is -0.506 e. The van der Waals surface area contributed by atoms with Crippen molar-refractivity contribution in [2.24, 2.45) is 0 Å². The van der Waals surface area contributed by atoms with E-state index < -0.39 is 12.1 Å². The Morgan fingerprint density at radius 3 is 2.70 bits per heavy atom. The van der Waals surface area contributed by atoms with E-state index in [2.05, 4.69) is 49.4 Å². The normalized spacial score (nSPS) is 16.4. The lowest BCUT2D eigenvalue weighted by molar-refractivity contribution is -0.131. The molecule has 2 aliphatic rings. The Morgan fingerprint density at radius 1 is 1.07 bits per heavy atom. The van der Waals surface area contributed by atoms with Gasteiger partial charge in [-0.1, -0.05) is 30.3 Å². The van der Waals surface area contributed by atoms with Gasteiger partial charge in [0.1, 0.15) is 17.1 Å². The number of anilines is 1. The van der Waals surface area contributed by atoms with E-state index in [4.69, 9.17) is 9.47 Å². The van der Waals surface area contributed by atoms with Crippen LogP contribution in [0.2, 0.25) is 0 Å². The molecule has 1 spiro atoms. The molecule has 0 bridgehead atoms. The Bertz CT molecular complexity index is 1960. The Kier molecular flexibility index (Phi) is 12.9. The molecule has 0 radical (unpaired) electrons. The van der Waals surface area contributed by atoms with Gasteiger partial charge in [0.05, 0.1) is 43.5 Å². The fourth-order valence-corrected chi connectivity index (χ4v) is 7.32. The molecule has 2 aromatic carbocycles. The number of hydrogen-bond donors (Lipinski definition) is 5. The van der Waals surface area contributed by atoms with Crippen molar-refractivity contribution in [2.75, 3.05) is 77.6 Å². The molecule has 2 fully saturated rings. The van der Waals surface area contributed by atoms with Gasteiger partial charge in [-0.2, -0.15) is 0 Å². The summed E-state index contributed by atoms with van der Waals surface area (Å²) in [5.41, 5.74) is 2.86. The third-order valence-corrected chi connectivity index (χ3v) is 10.4. The number of aromatic amines is 1. The molecule has 1 atom stereocenters. The molecule has 0 unspecified atom stereocenters. The second kappa shape index (κ2) is 18.0. The number of aliphatic hydroxyl groups excluding tert-OH is 1. The van der Waals surface area contributed by atoms with Crippen molar-refractivity contribution in [3.8, 4) is 5.75 Å². The lowest BCUT2D eigenvalue weighted by Crippen LogP contribution is -2.57. The van der Waals surface area contributed by atoms with Crippen LogP contribution in [0.5, 0.6) is 5.75 Å². The summed E-state index contributed by atoms with van der Waals surface area (Å²) in [6.07, 6.45) is 3.52. The number of nitrogens with one attached hydrogen (secondary N) is 2. The molecule has 2 saturated heterocycles. The van der Waals surface area contributed by atoms with Crippen molar-refractivity contribution in [2.45, 2.75) is 43.9 Å². The van der Waals surface area contributed by atoms with Gasteiger partial charge in [-0.25, -0.2) is 9.78 Å². The summed E-state index contributed by atoms with van der Waals surface area (Å²) in [7, 11) is 1.74. The van der Waals surface area contributed by atoms with Gasteiger partial charge in [-0.3, -0.25) is 14.5 Å². The summed E-state index contributed by atoms with van der Waals surface area (Å²) in [5.74, 6) is -0.543. The minimum atomic E-state index is -0.971. The van der Waals surface area contributed by atoms with E-state index >= 15 is 0 Å². The number of benzene rings is 2. The first-order chi connectivity index (χ1) is 26.1. The number of carbonyl (C=O) groups excluding carboxylic acids is 1. The van der Waals surface area contributed by atoms with Gasteiger partial charge in [-0.05, 0) is 60.2 Å². The summed E-state index contributed by atoms with van der Waals surface area (Å²) in [6, 6.07) is 17.8. The Morgan fingerprint density at radius 2 is 1.89 bits per heavy atom. The maximum Gasteiger partial charge on any atom is 0.339 e. The summed E-state index contributed by atoms with van der Waals surface area (Å²) in [5, 5.41) is 34.2. The van der Waals surface area contributed by atoms with Crippen LogP contribution in [0.1, 0.15) is 52.4 Å². The lowest BCUT2D eigenvalue weighted by Gasteiger charge is -2.47. The number of aromatic hydroxyl groups is 1. The molecule has 1 amide bonds. The van der Waals surface area contributed by atoms with Crippen LogP contribution in [0.25, 0.3) is 10.9 Å². The van der Waals surface area contributed by atoms with Gasteiger partial charge in [-0.15, -0.1) is 0 Å². The highest BCUT2D eigenvalue weighted by molar-refractivity contribution is 5.93. The van der Waals surface area contributed by atoms with Crippen molar-refractivity contribution in [3.63, 3.8) is 0 Å². The van der Waals surface area contributed by atoms with Crippen LogP contribution in [0, 0.1) is 0 Å². The highest BCUT2D eigenvalue weighted by Gasteiger charge is 2.40. The maximum atomic E-state index is 12.7. The number of nitrogens with zero attached hydrogens (tertiary/aromatic N) is 4. The van der Waals surface area contributed by atoms with Crippen LogP contribution in [0.15, 0.2) is 71.7 Å². The van der Waals surface area contributed by atoms with Gasteiger partial charge in [0.25, 0.3) is 0 Å². The second-order valence-electron chi connectivity index (χ2n) is 14.2. The highest BCUT2D eigenvalue weighted by atomic mass is 16.5. The number of likely N-dealkylation sites (tertiary alicyclic amines) is 1. The number of likely N-dealkylation sites (N-methyl/N-ethyl adjacent to an activating group) is 1. The monoisotopic (exact) mass is 742 g/mol. The number of aromatic nitrogens is 2. The quantitative estimate of drug-likeness (QED) is 0.106. The zero-order valence-electron chi connectivity index (χ0n) is 30.7. The van der Waals surface area contributed by atoms with Gasteiger partial charge in [0.2, 0.25) is 11.5 Å². The number of phenolic OH excluding ortho intramolecular Hbond substituents is 1. The first-order valence-corrected chi connectivity index (χ1v) is 18.5. The van der Waals surface area contributed by atoms with Gasteiger partial charge in [0, 0.05) is 77.1 Å². The van der Waals surface area contributed by atoms with Crippen LogP contribution < -0.4 is 15.8 Å². The van der Waals surface area contributed by atoms with Gasteiger partial charge < -0.3 is 44.9 Å². The number of pyridine rings is 2. The molecule has 14 nitrogen and oxygen atoms in total. The number of carboxylic acids is 1. The SMILES string of the molecule is CN(CCNC[C@H](O)c1ccc(O)c2[nH]c(=O)ccc12)C(=O)CCOCCc1cccc(CN2CCC3(CC2)CN(c2ncccc2C(=O)O)CCO3)c1. The predicted molar refractivity (Wildman–Crippen MR) is 204 cm³/mol. The minimum absolute atomic E-state index is 0.0239. The van der Waals surface area contributed by atoms with Crippen molar-refractivity contribution >= 4 is 28.6 Å². The van der Waals surface area contributed by atoms with E-state index in [0.29, 0.717) is 62.8 Å². The zero-order chi connectivity index (χ0) is 38.1. The number of fused-ring (bicyclic) bond motifs is 1. The third kappa shape index (κ3) is 9.81. The smallest absolute Gasteiger partial charge is 0.339 e. The Balaban J connectivity index is 0.862. The third-order valence-electron chi connectivity index (χ3n) is 10.4. The van der Waals surface area contributed by atoms with Crippen molar-refractivity contribution in [1.29, 1.82) is 0 Å². The molecule has 0 aliphatic carbocycles. The average molecular weight is 743 g/mol. The fraction of sp³-hybridized carbons (Fsp3) is 0.450. The van der Waals surface area contributed by atoms with Gasteiger partial charge >= 0.3 is 5.97 Å². The van der Waals surface area contributed by atoms with E-state index in [1.807, 2.05) is 0 Å². The number of ether oxygens (including phenoxy) is 2. The first kappa shape index (κ1) is 38.9. The summed E-state index contributed by atoms with van der Waals surface area (Å²) >= 11 is 0. The number of hydrogen-bond acceptors (Lipinski definition) is 11. The number of rotatable bonds is 16. The van der Waals surface area contributed by atoms with Crippen LogP contribution in [0.3, 0.4) is 0 Å². The predicted octanol–water partition coefficient (Wildman–Crippen LogP) is 2.93. The largest absolute Gasteiger partial charge is 0.506 e. The Labute approximate surface area is 314 Å². The summed E-state index contributed by atoms with van der Waals surface area (Å²) in [4.78, 5) is 49.2. The number of carboxylic acid groups (broad SMARTS) is 1. The summed E-state index contributed by atoms with van der Waals surface area (Å²) < 4.78 is 12.2. The van der Waals surface area contributed by atoms with Crippen LogP contribution >= 0.6 is 0 Å². The molecule has 288 valence electrons. The number of amides is 1. The molecule has 2 aliphatic heterocycles. The molecule has 4 aromatic rings. The van der Waals surface area contributed by atoms with Crippen molar-refractivity contribution in [3.05, 3.63) is 99.5 Å². The van der Waals surface area contributed by atoms with E-state index in [-0.39, 0.29) is 46.9 Å². The van der Waals surface area contributed by atoms with Crippen molar-refractivity contribution < 1.29 is 34.4 Å². The first-order valence-electron chi connectivity index (χ1n) is 18.5. The van der Waals surface area contributed by atoms with E-state index in [1.165, 1.54) is 23.3 Å². The molecule has 0 saturated carbocycles. The molecule has 2 aromatic heterocycles. The van der Waals surface area contributed by atoms with Crippen LogP contribution in [0.4, 0.5) is 5.82 Å². The number of H-pyrrole nitrogens is 1. The maximum absolute atomic E-state index is 12.7. The topological polar surface area (TPSA) is 181 Å². The van der Waals surface area contributed by atoms with Crippen LogP contribution in [-0.2, 0) is 27.2 Å².